The molecule has 4 N–H and O–H groups in total. The van der Waals surface area contributed by atoms with E-state index in [4.69, 9.17) is 30.0 Å². The first-order chi connectivity index (χ1) is 8.00. The molecule has 0 aromatic carbocycles. The van der Waals surface area contributed by atoms with Crippen molar-refractivity contribution in [2.24, 2.45) is 0 Å². The van der Waals surface area contributed by atoms with Crippen LogP contribution in [0, 0.1) is 0 Å². The van der Waals surface area contributed by atoms with Crippen LogP contribution >= 0.6 is 0 Å². The fraction of sp³-hybridized carbons (Fsp3) is 0.500. The first-order valence-electron chi connectivity index (χ1n) is 5.03. The van der Waals surface area contributed by atoms with Crippen LogP contribution in [0.25, 0.3) is 0 Å². The molecule has 0 aliphatic rings. The van der Waals surface area contributed by atoms with Gasteiger partial charge in [-0.3, -0.25) is 0 Å². The van der Waals surface area contributed by atoms with Crippen LogP contribution in [0.15, 0.2) is 23.3 Å². The van der Waals surface area contributed by atoms with E-state index in [0.717, 1.165) is 0 Å². The molecule has 0 atom stereocenters. The van der Waals surface area contributed by atoms with Gasteiger partial charge in [-0.15, -0.1) is 0 Å². The van der Waals surface area contributed by atoms with Crippen molar-refractivity contribution in [3.05, 3.63) is 23.3 Å². The molecule has 0 bridgehead atoms. The lowest BCUT2D eigenvalue weighted by molar-refractivity contribution is 0.135. The van der Waals surface area contributed by atoms with Gasteiger partial charge < -0.3 is 20.4 Å². The molecule has 0 amide bonds. The molecule has 6 nitrogen and oxygen atoms in total. The van der Waals surface area contributed by atoms with E-state index in [9.17, 15) is 0 Å². The molecular weight excluding hydrogens is 240 g/mol. The van der Waals surface area contributed by atoms with Gasteiger partial charge in [0.1, 0.15) is 0 Å². The number of rotatable bonds is 0. The van der Waals surface area contributed by atoms with Crippen LogP contribution in [0.3, 0.4) is 0 Å². The minimum absolute atomic E-state index is 1.38. The Morgan fingerprint density at radius 3 is 0.722 bits per heavy atom. The van der Waals surface area contributed by atoms with E-state index in [1.165, 1.54) is 11.1 Å². The summed E-state index contributed by atoms with van der Waals surface area (Å²) in [6.07, 6.45) is 0.500. The molecule has 0 saturated heterocycles. The smallest absolute Gasteiger partial charge is 0.450 e. The second kappa shape index (κ2) is 20.4. The molecule has 0 rings (SSSR count). The molecule has 6 heteroatoms. The first kappa shape index (κ1) is 25.0. The maximum Gasteiger partial charge on any atom is 0.503 e. The van der Waals surface area contributed by atoms with Gasteiger partial charge in [0, 0.05) is 0 Å². The number of carbonyl (C=O) groups is 2. The molecule has 0 unspecified atom stereocenters. The standard InChI is InChI=1S/2C5H10.2CH2O3/c2*1-4-5(2)3;2*2-1(3)4/h2*4H,1-3H3;2*(H2,2,3,4). The molecule has 0 aromatic rings. The zero-order valence-corrected chi connectivity index (χ0v) is 11.8. The molecule has 0 heterocycles. The highest BCUT2D eigenvalue weighted by molar-refractivity contribution is 5.53. The lowest BCUT2D eigenvalue weighted by atomic mass is 10.3. The summed E-state index contributed by atoms with van der Waals surface area (Å²) < 4.78 is 0. The van der Waals surface area contributed by atoms with Crippen LogP contribution in [0.1, 0.15) is 41.5 Å². The quantitative estimate of drug-likeness (QED) is 0.482. The summed E-state index contributed by atoms with van der Waals surface area (Å²) in [7, 11) is 0. The fourth-order valence-corrected chi connectivity index (χ4v) is 0. The molecular formula is C12H24O6. The van der Waals surface area contributed by atoms with E-state index >= 15 is 0 Å². The molecule has 0 fully saturated rings. The Labute approximate surface area is 108 Å². The summed E-state index contributed by atoms with van der Waals surface area (Å²) in [5.41, 5.74) is 2.76. The van der Waals surface area contributed by atoms with Gasteiger partial charge in [-0.1, -0.05) is 23.3 Å². The van der Waals surface area contributed by atoms with Gasteiger partial charge in [0.15, 0.2) is 0 Å². The summed E-state index contributed by atoms with van der Waals surface area (Å²) in [4.78, 5) is 17.1. The van der Waals surface area contributed by atoms with Gasteiger partial charge >= 0.3 is 12.3 Å². The normalized spacial score (nSPS) is 6.56. The second-order valence-corrected chi connectivity index (χ2v) is 3.30. The summed E-state index contributed by atoms with van der Waals surface area (Å²) in [5.74, 6) is 0. The first-order valence-corrected chi connectivity index (χ1v) is 5.03. The summed E-state index contributed by atoms with van der Waals surface area (Å²) in [6.45, 7) is 12.4. The molecule has 0 aliphatic carbocycles. The lowest BCUT2D eigenvalue weighted by Gasteiger charge is -1.74. The average Bonchev–Trinajstić information content (AvgIpc) is 2.16. The van der Waals surface area contributed by atoms with Crippen molar-refractivity contribution in [1.29, 1.82) is 0 Å². The van der Waals surface area contributed by atoms with Crippen molar-refractivity contribution >= 4 is 12.3 Å². The summed E-state index contributed by atoms with van der Waals surface area (Å²) >= 11 is 0. The highest BCUT2D eigenvalue weighted by Gasteiger charge is 1.70. The van der Waals surface area contributed by atoms with Gasteiger partial charge in [0.25, 0.3) is 0 Å². The predicted molar refractivity (Wildman–Crippen MR) is 71.5 cm³/mol. The molecule has 108 valence electrons. The highest BCUT2D eigenvalue weighted by atomic mass is 16.6. The number of carboxylic acid groups (broad SMARTS) is 4. The van der Waals surface area contributed by atoms with Crippen molar-refractivity contribution in [1.82, 2.24) is 0 Å². The Morgan fingerprint density at radius 2 is 0.722 bits per heavy atom. The summed E-state index contributed by atoms with van der Waals surface area (Å²) in [5, 5.41) is 27.9. The monoisotopic (exact) mass is 264 g/mol. The minimum Gasteiger partial charge on any atom is -0.450 e. The zero-order valence-electron chi connectivity index (χ0n) is 11.8. The maximum atomic E-state index is 8.56. The largest absolute Gasteiger partial charge is 0.503 e. The fourth-order valence-electron chi connectivity index (χ4n) is 0. The SMILES string of the molecule is CC=C(C)C.CC=C(C)C.O=C(O)O.O=C(O)O. The van der Waals surface area contributed by atoms with Crippen molar-refractivity contribution in [3.8, 4) is 0 Å². The number of hydrogen-bond donors (Lipinski definition) is 4. The van der Waals surface area contributed by atoms with Gasteiger partial charge in [-0.2, -0.15) is 0 Å². The highest BCUT2D eigenvalue weighted by Crippen LogP contribution is 1.83. The zero-order chi connectivity index (χ0) is 15.7. The van der Waals surface area contributed by atoms with E-state index in [0.29, 0.717) is 0 Å². The Hall–Kier alpha value is -1.98. The number of hydrogen-bond acceptors (Lipinski definition) is 2. The third kappa shape index (κ3) is 582. The Kier molecular flexibility index (Phi) is 28.4. The van der Waals surface area contributed by atoms with Crippen molar-refractivity contribution in [2.75, 3.05) is 0 Å². The van der Waals surface area contributed by atoms with E-state index in [2.05, 4.69) is 39.8 Å². The van der Waals surface area contributed by atoms with Crippen LogP contribution in [-0.2, 0) is 0 Å². The third-order valence-electron chi connectivity index (χ3n) is 1.15. The minimum atomic E-state index is -1.83. The molecule has 0 aliphatic heterocycles. The van der Waals surface area contributed by atoms with Gasteiger partial charge in [-0.25, -0.2) is 9.59 Å². The summed E-state index contributed by atoms with van der Waals surface area (Å²) in [6, 6.07) is 0. The van der Waals surface area contributed by atoms with Crippen molar-refractivity contribution in [2.45, 2.75) is 41.5 Å². The van der Waals surface area contributed by atoms with Crippen LogP contribution < -0.4 is 0 Å². The Balaban J connectivity index is -0.0000000731. The van der Waals surface area contributed by atoms with Gasteiger partial charge in [0.05, 0.1) is 0 Å². The van der Waals surface area contributed by atoms with Crippen molar-refractivity contribution < 1.29 is 30.0 Å². The third-order valence-corrected chi connectivity index (χ3v) is 1.15. The van der Waals surface area contributed by atoms with Gasteiger partial charge in [0.2, 0.25) is 0 Å². The molecule has 0 radical (unpaired) electrons. The van der Waals surface area contributed by atoms with E-state index in [1.807, 2.05) is 13.8 Å². The lowest BCUT2D eigenvalue weighted by Crippen LogP contribution is -1.81. The molecule has 0 aromatic heterocycles. The van der Waals surface area contributed by atoms with Crippen LogP contribution in [-0.4, -0.2) is 32.7 Å². The van der Waals surface area contributed by atoms with Crippen LogP contribution in [0.5, 0.6) is 0 Å². The van der Waals surface area contributed by atoms with E-state index < -0.39 is 12.3 Å². The topological polar surface area (TPSA) is 115 Å². The van der Waals surface area contributed by atoms with E-state index in [-0.39, 0.29) is 0 Å². The molecule has 0 saturated carbocycles. The Bertz CT molecular complexity index is 222. The van der Waals surface area contributed by atoms with Crippen molar-refractivity contribution in [3.63, 3.8) is 0 Å². The van der Waals surface area contributed by atoms with Crippen LogP contribution in [0.4, 0.5) is 9.59 Å². The number of allylic oxidation sites excluding steroid dienone is 4. The van der Waals surface area contributed by atoms with Crippen LogP contribution in [0.2, 0.25) is 0 Å². The predicted octanol–water partition coefficient (Wildman–Crippen LogP) is 4.39. The van der Waals surface area contributed by atoms with Gasteiger partial charge in [-0.05, 0) is 41.5 Å². The Morgan fingerprint density at radius 1 is 0.667 bits per heavy atom. The molecule has 0 spiro atoms. The average molecular weight is 264 g/mol. The maximum absolute atomic E-state index is 8.56. The van der Waals surface area contributed by atoms with E-state index in [1.54, 1.807) is 0 Å². The second-order valence-electron chi connectivity index (χ2n) is 3.30. The molecule has 18 heavy (non-hydrogen) atoms.